The lowest BCUT2D eigenvalue weighted by Crippen LogP contribution is -2.45. The van der Waals surface area contributed by atoms with E-state index >= 15 is 0 Å². The molecule has 1 aliphatic heterocycles. The molecule has 1 aromatic rings. The number of amidine groups is 1. The Kier molecular flexibility index (Phi) is 3.05. The van der Waals surface area contributed by atoms with E-state index in [1.165, 1.54) is 5.56 Å². The van der Waals surface area contributed by atoms with Crippen LogP contribution in [0.1, 0.15) is 25.3 Å². The zero-order valence-electron chi connectivity index (χ0n) is 10.5. The van der Waals surface area contributed by atoms with Gasteiger partial charge in [0, 0.05) is 24.7 Å². The van der Waals surface area contributed by atoms with Crippen molar-refractivity contribution < 1.29 is 0 Å². The summed E-state index contributed by atoms with van der Waals surface area (Å²) in [5.41, 5.74) is 6.77. The van der Waals surface area contributed by atoms with Crippen LogP contribution in [0.2, 0.25) is 0 Å². The van der Waals surface area contributed by atoms with Crippen molar-refractivity contribution in [1.29, 1.82) is 5.41 Å². The van der Waals surface area contributed by atoms with Gasteiger partial charge in [-0.1, -0.05) is 6.92 Å². The molecule has 1 aromatic heterocycles. The Morgan fingerprint density at radius 2 is 2.12 bits per heavy atom. The molecule has 0 radical (unpaired) electrons. The fourth-order valence-corrected chi connectivity index (χ4v) is 2.19. The van der Waals surface area contributed by atoms with Gasteiger partial charge in [0.25, 0.3) is 0 Å². The topological polar surface area (TPSA) is 66.0 Å². The van der Waals surface area contributed by atoms with Crippen LogP contribution in [0.4, 0.5) is 5.82 Å². The van der Waals surface area contributed by atoms with E-state index < -0.39 is 0 Å². The molecule has 1 aliphatic rings. The Labute approximate surface area is 102 Å². The SMILES string of the molecule is Cc1ccnc(N2CCC(C)(C(=N)N)CC2)c1. The van der Waals surface area contributed by atoms with Crippen molar-refractivity contribution in [3.8, 4) is 0 Å². The molecule has 0 bridgehead atoms. The predicted octanol–water partition coefficient (Wildman–Crippen LogP) is 1.93. The minimum Gasteiger partial charge on any atom is -0.387 e. The van der Waals surface area contributed by atoms with Gasteiger partial charge in [-0.3, -0.25) is 5.41 Å². The van der Waals surface area contributed by atoms with Crippen LogP contribution in [0.5, 0.6) is 0 Å². The standard InChI is InChI=1S/C13H20N4/c1-10-3-6-16-11(9-10)17-7-4-13(2,5-8-17)12(14)15/h3,6,9H,4-5,7-8H2,1-2H3,(H3,14,15). The van der Waals surface area contributed by atoms with Crippen molar-refractivity contribution in [1.82, 2.24) is 4.98 Å². The molecule has 0 saturated carbocycles. The van der Waals surface area contributed by atoms with Gasteiger partial charge in [-0.2, -0.15) is 0 Å². The molecule has 2 heterocycles. The number of anilines is 1. The highest BCUT2D eigenvalue weighted by atomic mass is 15.2. The van der Waals surface area contributed by atoms with Gasteiger partial charge in [0.15, 0.2) is 0 Å². The monoisotopic (exact) mass is 232 g/mol. The maximum absolute atomic E-state index is 7.63. The van der Waals surface area contributed by atoms with Gasteiger partial charge >= 0.3 is 0 Å². The van der Waals surface area contributed by atoms with Crippen molar-refractivity contribution in [2.45, 2.75) is 26.7 Å². The molecule has 92 valence electrons. The molecular weight excluding hydrogens is 212 g/mol. The molecule has 4 nitrogen and oxygen atoms in total. The second-order valence-corrected chi connectivity index (χ2v) is 5.15. The predicted molar refractivity (Wildman–Crippen MR) is 70.4 cm³/mol. The average Bonchev–Trinajstić information content (AvgIpc) is 2.30. The number of hydrogen-bond acceptors (Lipinski definition) is 3. The molecule has 0 aromatic carbocycles. The molecule has 0 atom stereocenters. The van der Waals surface area contributed by atoms with Gasteiger partial charge in [-0.05, 0) is 37.5 Å². The number of pyridine rings is 1. The number of piperidine rings is 1. The molecule has 2 rings (SSSR count). The first-order valence-corrected chi connectivity index (χ1v) is 6.03. The number of nitrogens with two attached hydrogens (primary N) is 1. The molecule has 3 N–H and O–H groups in total. The Balaban J connectivity index is 2.07. The maximum Gasteiger partial charge on any atom is 0.128 e. The lowest BCUT2D eigenvalue weighted by Gasteiger charge is -2.39. The highest BCUT2D eigenvalue weighted by Gasteiger charge is 2.33. The summed E-state index contributed by atoms with van der Waals surface area (Å²) in [6.07, 6.45) is 3.71. The van der Waals surface area contributed by atoms with Crippen LogP contribution < -0.4 is 10.6 Å². The Morgan fingerprint density at radius 1 is 1.47 bits per heavy atom. The lowest BCUT2D eigenvalue weighted by atomic mass is 9.79. The molecule has 0 aliphatic carbocycles. The van der Waals surface area contributed by atoms with E-state index in [1.54, 1.807) is 0 Å². The van der Waals surface area contributed by atoms with Crippen LogP contribution in [0, 0.1) is 17.7 Å². The summed E-state index contributed by atoms with van der Waals surface area (Å²) in [5, 5.41) is 7.63. The van der Waals surface area contributed by atoms with Crippen LogP contribution in [0.15, 0.2) is 18.3 Å². The van der Waals surface area contributed by atoms with Gasteiger partial charge in [-0.25, -0.2) is 4.98 Å². The van der Waals surface area contributed by atoms with Crippen molar-refractivity contribution in [2.24, 2.45) is 11.1 Å². The largest absolute Gasteiger partial charge is 0.387 e. The second kappa shape index (κ2) is 4.35. The van der Waals surface area contributed by atoms with Crippen molar-refractivity contribution in [2.75, 3.05) is 18.0 Å². The van der Waals surface area contributed by atoms with Gasteiger partial charge < -0.3 is 10.6 Å². The first-order valence-electron chi connectivity index (χ1n) is 6.03. The minimum atomic E-state index is -0.125. The fourth-order valence-electron chi connectivity index (χ4n) is 2.19. The molecule has 4 heteroatoms. The molecule has 0 amide bonds. The lowest BCUT2D eigenvalue weighted by molar-refractivity contribution is 0.350. The molecule has 0 spiro atoms. The number of rotatable bonds is 2. The van der Waals surface area contributed by atoms with E-state index in [9.17, 15) is 0 Å². The number of hydrogen-bond donors (Lipinski definition) is 2. The highest BCUT2D eigenvalue weighted by Crippen LogP contribution is 2.32. The summed E-state index contributed by atoms with van der Waals surface area (Å²) in [7, 11) is 0. The zero-order valence-corrected chi connectivity index (χ0v) is 10.5. The number of nitrogens with one attached hydrogen (secondary N) is 1. The molecule has 1 saturated heterocycles. The second-order valence-electron chi connectivity index (χ2n) is 5.15. The summed E-state index contributed by atoms with van der Waals surface area (Å²) in [5.74, 6) is 1.35. The van der Waals surface area contributed by atoms with E-state index in [0.29, 0.717) is 5.84 Å². The summed E-state index contributed by atoms with van der Waals surface area (Å²) in [6.45, 7) is 6.00. The third-order valence-electron chi connectivity index (χ3n) is 3.74. The fraction of sp³-hybridized carbons (Fsp3) is 0.538. The summed E-state index contributed by atoms with van der Waals surface area (Å²) in [4.78, 5) is 6.67. The zero-order chi connectivity index (χ0) is 12.5. The Hall–Kier alpha value is -1.58. The third kappa shape index (κ3) is 2.40. The van der Waals surface area contributed by atoms with Gasteiger partial charge in [0.1, 0.15) is 5.82 Å². The van der Waals surface area contributed by atoms with Gasteiger partial charge in [-0.15, -0.1) is 0 Å². The van der Waals surface area contributed by atoms with Crippen LogP contribution >= 0.6 is 0 Å². The van der Waals surface area contributed by atoms with Crippen molar-refractivity contribution in [3.05, 3.63) is 23.9 Å². The van der Waals surface area contributed by atoms with E-state index in [2.05, 4.69) is 29.8 Å². The van der Waals surface area contributed by atoms with Crippen molar-refractivity contribution >= 4 is 11.7 Å². The molecular formula is C13H20N4. The van der Waals surface area contributed by atoms with Crippen molar-refractivity contribution in [3.63, 3.8) is 0 Å². The molecule has 17 heavy (non-hydrogen) atoms. The van der Waals surface area contributed by atoms with Crippen LogP contribution in [0.25, 0.3) is 0 Å². The van der Waals surface area contributed by atoms with E-state index in [-0.39, 0.29) is 5.41 Å². The van der Waals surface area contributed by atoms with E-state index in [1.807, 2.05) is 12.3 Å². The van der Waals surface area contributed by atoms with Gasteiger partial charge in [0.05, 0.1) is 5.84 Å². The smallest absolute Gasteiger partial charge is 0.128 e. The quantitative estimate of drug-likeness (QED) is 0.605. The number of aryl methyl sites for hydroxylation is 1. The summed E-state index contributed by atoms with van der Waals surface area (Å²) < 4.78 is 0. The summed E-state index contributed by atoms with van der Waals surface area (Å²) >= 11 is 0. The first kappa shape index (κ1) is 11.9. The number of aromatic nitrogens is 1. The third-order valence-corrected chi connectivity index (χ3v) is 3.74. The number of nitrogens with zero attached hydrogens (tertiary/aromatic N) is 2. The Morgan fingerprint density at radius 3 is 2.65 bits per heavy atom. The summed E-state index contributed by atoms with van der Waals surface area (Å²) in [6, 6.07) is 4.11. The van der Waals surface area contributed by atoms with Crippen LogP contribution in [-0.2, 0) is 0 Å². The molecule has 0 unspecified atom stereocenters. The highest BCUT2D eigenvalue weighted by molar-refractivity contribution is 5.83. The Bertz CT molecular complexity index is 419. The maximum atomic E-state index is 7.63. The van der Waals surface area contributed by atoms with E-state index in [0.717, 1.165) is 31.7 Å². The van der Waals surface area contributed by atoms with Gasteiger partial charge in [0.2, 0.25) is 0 Å². The normalized spacial score (nSPS) is 19.1. The average molecular weight is 232 g/mol. The van der Waals surface area contributed by atoms with E-state index in [4.69, 9.17) is 11.1 Å². The molecule has 1 fully saturated rings. The first-order chi connectivity index (χ1) is 8.01. The van der Waals surface area contributed by atoms with Crippen LogP contribution in [-0.4, -0.2) is 23.9 Å². The van der Waals surface area contributed by atoms with Crippen LogP contribution in [0.3, 0.4) is 0 Å². The minimum absolute atomic E-state index is 0.125.